The van der Waals surface area contributed by atoms with Gasteiger partial charge in [-0.05, 0) is 53.0 Å². The molecule has 0 fully saturated rings. The van der Waals surface area contributed by atoms with Gasteiger partial charge in [0.2, 0.25) is 0 Å². The van der Waals surface area contributed by atoms with Crippen molar-refractivity contribution < 1.29 is 9.90 Å². The number of phenolic OH excluding ortho intramolecular Hbond substituents is 1. The molecule has 2 N–H and O–H groups in total. The Balaban J connectivity index is 1.90. The van der Waals surface area contributed by atoms with E-state index in [1.165, 1.54) is 17.2 Å². The zero-order valence-corrected chi connectivity index (χ0v) is 12.8. The Kier molecular flexibility index (Phi) is 4.79. The minimum atomic E-state index is -0.180. The monoisotopic (exact) mass is 333 g/mol. The normalized spacial score (nSPS) is 10.3. The van der Waals surface area contributed by atoms with E-state index in [0.29, 0.717) is 16.6 Å². The summed E-state index contributed by atoms with van der Waals surface area (Å²) >= 11 is 3.19. The van der Waals surface area contributed by atoms with Gasteiger partial charge in [0, 0.05) is 12.1 Å². The van der Waals surface area contributed by atoms with Crippen LogP contribution >= 0.6 is 15.9 Å². The third-order valence-corrected chi connectivity index (χ3v) is 3.66. The topological polar surface area (TPSA) is 49.3 Å². The van der Waals surface area contributed by atoms with E-state index < -0.39 is 0 Å². The summed E-state index contributed by atoms with van der Waals surface area (Å²) in [5.74, 6) is -0.114. The first-order chi connectivity index (χ1) is 9.56. The maximum Gasteiger partial charge on any atom is 0.251 e. The highest BCUT2D eigenvalue weighted by Gasteiger charge is 2.07. The van der Waals surface area contributed by atoms with Crippen LogP contribution < -0.4 is 5.32 Å². The number of aryl methyl sites for hydroxylation is 1. The third kappa shape index (κ3) is 3.84. The van der Waals surface area contributed by atoms with Crippen molar-refractivity contribution in [2.45, 2.75) is 13.3 Å². The molecule has 2 aromatic carbocycles. The van der Waals surface area contributed by atoms with Crippen LogP contribution in [0.2, 0.25) is 0 Å². The molecule has 0 saturated heterocycles. The van der Waals surface area contributed by atoms with Gasteiger partial charge in [-0.15, -0.1) is 0 Å². The Bertz CT molecular complexity index is 626. The molecule has 0 atom stereocenters. The van der Waals surface area contributed by atoms with Crippen LogP contribution in [0, 0.1) is 6.92 Å². The van der Waals surface area contributed by atoms with E-state index >= 15 is 0 Å². The lowest BCUT2D eigenvalue weighted by atomic mass is 10.1. The number of phenols is 1. The zero-order valence-electron chi connectivity index (χ0n) is 11.2. The fourth-order valence-corrected chi connectivity index (χ4v) is 2.19. The molecule has 0 saturated carbocycles. The van der Waals surface area contributed by atoms with E-state index in [-0.39, 0.29) is 11.7 Å². The first-order valence-corrected chi connectivity index (χ1v) is 7.18. The summed E-state index contributed by atoms with van der Waals surface area (Å²) in [5, 5.41) is 12.4. The summed E-state index contributed by atoms with van der Waals surface area (Å²) in [6.45, 7) is 2.62. The fourth-order valence-electron chi connectivity index (χ4n) is 1.94. The first-order valence-electron chi connectivity index (χ1n) is 6.38. The molecular formula is C16H16BrNO2. The second-order valence-corrected chi connectivity index (χ2v) is 5.52. The quantitative estimate of drug-likeness (QED) is 0.900. The SMILES string of the molecule is Cc1cccc(CCNC(=O)c2ccc(Br)c(O)c2)c1. The lowest BCUT2D eigenvalue weighted by Gasteiger charge is -2.07. The van der Waals surface area contributed by atoms with E-state index in [2.05, 4.69) is 27.3 Å². The molecule has 0 radical (unpaired) electrons. The van der Waals surface area contributed by atoms with Crippen molar-refractivity contribution >= 4 is 21.8 Å². The Morgan fingerprint density at radius 2 is 2.05 bits per heavy atom. The van der Waals surface area contributed by atoms with Gasteiger partial charge in [0.05, 0.1) is 4.47 Å². The Morgan fingerprint density at radius 3 is 2.75 bits per heavy atom. The molecule has 0 aromatic heterocycles. The van der Waals surface area contributed by atoms with Gasteiger partial charge in [-0.2, -0.15) is 0 Å². The van der Waals surface area contributed by atoms with E-state index in [4.69, 9.17) is 0 Å². The largest absolute Gasteiger partial charge is 0.507 e. The van der Waals surface area contributed by atoms with Crippen LogP contribution in [-0.2, 0) is 6.42 Å². The van der Waals surface area contributed by atoms with Crippen LogP contribution in [-0.4, -0.2) is 17.6 Å². The minimum Gasteiger partial charge on any atom is -0.507 e. The Hall–Kier alpha value is -1.81. The molecule has 0 aliphatic heterocycles. The van der Waals surface area contributed by atoms with Gasteiger partial charge in [0.15, 0.2) is 0 Å². The van der Waals surface area contributed by atoms with Crippen molar-refractivity contribution in [1.82, 2.24) is 5.32 Å². The molecule has 20 heavy (non-hydrogen) atoms. The predicted molar refractivity (Wildman–Crippen MR) is 83.0 cm³/mol. The minimum absolute atomic E-state index is 0.0661. The molecule has 0 heterocycles. The van der Waals surface area contributed by atoms with E-state index in [0.717, 1.165) is 6.42 Å². The smallest absolute Gasteiger partial charge is 0.251 e. The number of nitrogens with one attached hydrogen (secondary N) is 1. The Morgan fingerprint density at radius 1 is 1.25 bits per heavy atom. The number of carbonyl (C=O) groups excluding carboxylic acids is 1. The van der Waals surface area contributed by atoms with Gasteiger partial charge < -0.3 is 10.4 Å². The summed E-state index contributed by atoms with van der Waals surface area (Å²) < 4.78 is 0.578. The molecule has 1 amide bonds. The van der Waals surface area contributed by atoms with Gasteiger partial charge in [0.25, 0.3) is 5.91 Å². The van der Waals surface area contributed by atoms with Crippen LogP contribution in [0.4, 0.5) is 0 Å². The van der Waals surface area contributed by atoms with E-state index in [1.54, 1.807) is 12.1 Å². The number of rotatable bonds is 4. The molecule has 0 unspecified atom stereocenters. The Labute approximate surface area is 126 Å². The lowest BCUT2D eigenvalue weighted by molar-refractivity contribution is 0.0953. The van der Waals surface area contributed by atoms with Crippen molar-refractivity contribution in [1.29, 1.82) is 0 Å². The second kappa shape index (κ2) is 6.57. The third-order valence-electron chi connectivity index (χ3n) is 2.99. The van der Waals surface area contributed by atoms with Crippen LogP contribution in [0.5, 0.6) is 5.75 Å². The summed E-state index contributed by atoms with van der Waals surface area (Å²) in [6.07, 6.45) is 0.788. The summed E-state index contributed by atoms with van der Waals surface area (Å²) in [7, 11) is 0. The summed E-state index contributed by atoms with van der Waals surface area (Å²) in [5.41, 5.74) is 2.87. The molecule has 2 rings (SSSR count). The summed E-state index contributed by atoms with van der Waals surface area (Å²) in [4.78, 5) is 11.9. The molecule has 0 spiro atoms. The van der Waals surface area contributed by atoms with Crippen LogP contribution in [0.3, 0.4) is 0 Å². The van der Waals surface area contributed by atoms with Crippen molar-refractivity contribution in [3.63, 3.8) is 0 Å². The molecule has 2 aromatic rings. The van der Waals surface area contributed by atoms with E-state index in [9.17, 15) is 9.90 Å². The van der Waals surface area contributed by atoms with Crippen LogP contribution in [0.15, 0.2) is 46.9 Å². The van der Waals surface area contributed by atoms with Gasteiger partial charge in [-0.1, -0.05) is 29.8 Å². The molecule has 4 heteroatoms. The molecule has 104 valence electrons. The van der Waals surface area contributed by atoms with Crippen LogP contribution in [0.25, 0.3) is 0 Å². The highest BCUT2D eigenvalue weighted by Crippen LogP contribution is 2.24. The highest BCUT2D eigenvalue weighted by molar-refractivity contribution is 9.10. The number of aromatic hydroxyl groups is 1. The fraction of sp³-hybridized carbons (Fsp3) is 0.188. The lowest BCUT2D eigenvalue weighted by Crippen LogP contribution is -2.25. The van der Waals surface area contributed by atoms with Crippen molar-refractivity contribution in [3.8, 4) is 5.75 Å². The molecule has 0 aliphatic carbocycles. The molecular weight excluding hydrogens is 318 g/mol. The van der Waals surface area contributed by atoms with Gasteiger partial charge >= 0.3 is 0 Å². The van der Waals surface area contributed by atoms with Gasteiger partial charge in [-0.3, -0.25) is 4.79 Å². The average molecular weight is 334 g/mol. The first kappa shape index (κ1) is 14.6. The standard InChI is InChI=1S/C16H16BrNO2/c1-11-3-2-4-12(9-11)7-8-18-16(20)13-5-6-14(17)15(19)10-13/h2-6,9-10,19H,7-8H2,1H3,(H,18,20). The highest BCUT2D eigenvalue weighted by atomic mass is 79.9. The number of carbonyl (C=O) groups is 1. The maximum absolute atomic E-state index is 11.9. The number of amides is 1. The van der Waals surface area contributed by atoms with Crippen molar-refractivity contribution in [3.05, 3.63) is 63.6 Å². The predicted octanol–water partition coefficient (Wildman–Crippen LogP) is 3.44. The molecule has 3 nitrogen and oxygen atoms in total. The molecule has 0 bridgehead atoms. The van der Waals surface area contributed by atoms with Crippen molar-refractivity contribution in [2.24, 2.45) is 0 Å². The number of halogens is 1. The van der Waals surface area contributed by atoms with Gasteiger partial charge in [0.1, 0.15) is 5.75 Å². The number of hydrogen-bond donors (Lipinski definition) is 2. The van der Waals surface area contributed by atoms with Crippen LogP contribution in [0.1, 0.15) is 21.5 Å². The zero-order chi connectivity index (χ0) is 14.5. The second-order valence-electron chi connectivity index (χ2n) is 4.66. The average Bonchev–Trinajstić information content (AvgIpc) is 2.42. The van der Waals surface area contributed by atoms with E-state index in [1.807, 2.05) is 25.1 Å². The number of benzene rings is 2. The maximum atomic E-state index is 11.9. The summed E-state index contributed by atoms with van der Waals surface area (Å²) in [6, 6.07) is 13.0. The molecule has 0 aliphatic rings. The van der Waals surface area contributed by atoms with Gasteiger partial charge in [-0.25, -0.2) is 0 Å². The van der Waals surface area contributed by atoms with Crippen molar-refractivity contribution in [2.75, 3.05) is 6.54 Å². The number of hydrogen-bond acceptors (Lipinski definition) is 2.